The van der Waals surface area contributed by atoms with Crippen molar-refractivity contribution in [2.75, 3.05) is 19.6 Å². The van der Waals surface area contributed by atoms with E-state index < -0.39 is 0 Å². The van der Waals surface area contributed by atoms with E-state index in [9.17, 15) is 0 Å². The van der Waals surface area contributed by atoms with E-state index in [-0.39, 0.29) is 0 Å². The Hall–Kier alpha value is -0.0800. The standard InChI is InChI=1S/C13H26N2/c1-13(2)11-15(10-6-5-9-14-13)12-7-3-4-8-12/h12,14H,3-11H2,1-2H3. The lowest BCUT2D eigenvalue weighted by atomic mass is 10.0. The molecule has 1 aliphatic carbocycles. The molecule has 1 saturated heterocycles. The molecule has 2 aliphatic rings. The van der Waals surface area contributed by atoms with Crippen LogP contribution in [0.4, 0.5) is 0 Å². The Labute approximate surface area is 94.4 Å². The zero-order valence-corrected chi connectivity index (χ0v) is 10.4. The number of rotatable bonds is 1. The summed E-state index contributed by atoms with van der Waals surface area (Å²) in [6.07, 6.45) is 8.50. The maximum atomic E-state index is 3.67. The van der Waals surface area contributed by atoms with Crippen LogP contribution in [-0.4, -0.2) is 36.1 Å². The molecule has 1 N–H and O–H groups in total. The van der Waals surface area contributed by atoms with Crippen molar-refractivity contribution in [3.05, 3.63) is 0 Å². The predicted octanol–water partition coefficient (Wildman–Crippen LogP) is 2.39. The summed E-state index contributed by atoms with van der Waals surface area (Å²) in [4.78, 5) is 2.75. The van der Waals surface area contributed by atoms with Gasteiger partial charge in [-0.15, -0.1) is 0 Å². The van der Waals surface area contributed by atoms with E-state index in [1.807, 2.05) is 0 Å². The highest BCUT2D eigenvalue weighted by Crippen LogP contribution is 2.25. The van der Waals surface area contributed by atoms with Crippen molar-refractivity contribution in [3.63, 3.8) is 0 Å². The molecule has 0 aromatic heterocycles. The molecule has 0 atom stereocenters. The maximum absolute atomic E-state index is 3.67. The normalized spacial score (nSPS) is 30.0. The Morgan fingerprint density at radius 2 is 1.80 bits per heavy atom. The minimum absolute atomic E-state index is 0.309. The van der Waals surface area contributed by atoms with Crippen molar-refractivity contribution in [2.45, 2.75) is 64.0 Å². The van der Waals surface area contributed by atoms with Gasteiger partial charge in [0.05, 0.1) is 0 Å². The minimum Gasteiger partial charge on any atom is -0.311 e. The average Bonchev–Trinajstić information content (AvgIpc) is 2.64. The quantitative estimate of drug-likeness (QED) is 0.715. The van der Waals surface area contributed by atoms with Crippen molar-refractivity contribution >= 4 is 0 Å². The lowest BCUT2D eigenvalue weighted by molar-refractivity contribution is 0.133. The summed E-state index contributed by atoms with van der Waals surface area (Å²) in [7, 11) is 0. The van der Waals surface area contributed by atoms with Crippen LogP contribution >= 0.6 is 0 Å². The summed E-state index contributed by atoms with van der Waals surface area (Å²) in [5.41, 5.74) is 0.309. The fourth-order valence-electron chi connectivity index (χ4n) is 3.09. The summed E-state index contributed by atoms with van der Waals surface area (Å²) in [6, 6.07) is 0.893. The Morgan fingerprint density at radius 1 is 1.07 bits per heavy atom. The molecule has 88 valence electrons. The van der Waals surface area contributed by atoms with E-state index in [0.29, 0.717) is 5.54 Å². The molecule has 2 nitrogen and oxygen atoms in total. The molecule has 2 fully saturated rings. The fourth-order valence-corrected chi connectivity index (χ4v) is 3.09. The van der Waals surface area contributed by atoms with Crippen LogP contribution < -0.4 is 5.32 Å². The molecule has 2 rings (SSSR count). The van der Waals surface area contributed by atoms with Gasteiger partial charge in [0.1, 0.15) is 0 Å². The fraction of sp³-hybridized carbons (Fsp3) is 1.00. The smallest absolute Gasteiger partial charge is 0.0252 e. The first-order valence-corrected chi connectivity index (χ1v) is 6.66. The minimum atomic E-state index is 0.309. The highest BCUT2D eigenvalue weighted by molar-refractivity contribution is 4.88. The van der Waals surface area contributed by atoms with E-state index in [1.165, 1.54) is 58.2 Å². The second kappa shape index (κ2) is 4.84. The van der Waals surface area contributed by atoms with Gasteiger partial charge in [-0.05, 0) is 52.6 Å². The summed E-state index contributed by atoms with van der Waals surface area (Å²) in [5, 5.41) is 3.67. The predicted molar refractivity (Wildman–Crippen MR) is 65.1 cm³/mol. The van der Waals surface area contributed by atoms with Crippen LogP contribution in [0.3, 0.4) is 0 Å². The Bertz CT molecular complexity index is 195. The van der Waals surface area contributed by atoms with E-state index >= 15 is 0 Å². The van der Waals surface area contributed by atoms with Gasteiger partial charge >= 0.3 is 0 Å². The second-order valence-electron chi connectivity index (χ2n) is 5.93. The van der Waals surface area contributed by atoms with Gasteiger partial charge < -0.3 is 5.32 Å². The van der Waals surface area contributed by atoms with E-state index in [2.05, 4.69) is 24.1 Å². The highest BCUT2D eigenvalue weighted by atomic mass is 15.2. The molecule has 0 radical (unpaired) electrons. The number of hydrogen-bond acceptors (Lipinski definition) is 2. The third-order valence-corrected chi connectivity index (χ3v) is 3.92. The molecule has 15 heavy (non-hydrogen) atoms. The molecule has 2 heteroatoms. The molecular weight excluding hydrogens is 184 g/mol. The third kappa shape index (κ3) is 3.18. The zero-order chi connectivity index (χ0) is 10.7. The van der Waals surface area contributed by atoms with E-state index in [4.69, 9.17) is 0 Å². The van der Waals surface area contributed by atoms with Crippen LogP contribution in [0.5, 0.6) is 0 Å². The number of hydrogen-bond donors (Lipinski definition) is 1. The monoisotopic (exact) mass is 210 g/mol. The molecule has 0 aromatic carbocycles. The van der Waals surface area contributed by atoms with E-state index in [1.54, 1.807) is 0 Å². The first-order valence-electron chi connectivity index (χ1n) is 6.66. The third-order valence-electron chi connectivity index (χ3n) is 3.92. The molecule has 0 bridgehead atoms. The van der Waals surface area contributed by atoms with Crippen molar-refractivity contribution < 1.29 is 0 Å². The number of nitrogens with zero attached hydrogens (tertiary/aromatic N) is 1. The van der Waals surface area contributed by atoms with Crippen molar-refractivity contribution in [2.24, 2.45) is 0 Å². The topological polar surface area (TPSA) is 15.3 Å². The van der Waals surface area contributed by atoms with Gasteiger partial charge in [-0.25, -0.2) is 0 Å². The lowest BCUT2D eigenvalue weighted by Crippen LogP contribution is -2.53. The van der Waals surface area contributed by atoms with Crippen LogP contribution in [0, 0.1) is 0 Å². The van der Waals surface area contributed by atoms with Gasteiger partial charge in [0, 0.05) is 18.1 Å². The highest BCUT2D eigenvalue weighted by Gasteiger charge is 2.28. The molecular formula is C13H26N2. The van der Waals surface area contributed by atoms with Gasteiger partial charge in [-0.1, -0.05) is 12.8 Å². The van der Waals surface area contributed by atoms with Crippen LogP contribution in [0.15, 0.2) is 0 Å². The summed E-state index contributed by atoms with van der Waals surface area (Å²) >= 11 is 0. The lowest BCUT2D eigenvalue weighted by Gasteiger charge is -2.39. The first-order chi connectivity index (χ1) is 7.17. The van der Waals surface area contributed by atoms with Gasteiger partial charge in [-0.2, -0.15) is 0 Å². The summed E-state index contributed by atoms with van der Waals surface area (Å²) < 4.78 is 0. The Kier molecular flexibility index (Phi) is 3.68. The van der Waals surface area contributed by atoms with Gasteiger partial charge in [0.2, 0.25) is 0 Å². The van der Waals surface area contributed by atoms with Crippen molar-refractivity contribution in [1.29, 1.82) is 0 Å². The molecule has 1 saturated carbocycles. The number of nitrogens with one attached hydrogen (secondary N) is 1. The molecule has 0 aromatic rings. The molecule has 0 amide bonds. The second-order valence-corrected chi connectivity index (χ2v) is 5.93. The molecule has 0 unspecified atom stereocenters. The SMILES string of the molecule is CC1(C)CN(C2CCCC2)CCCCN1. The van der Waals surface area contributed by atoms with Crippen LogP contribution in [0.1, 0.15) is 52.4 Å². The Morgan fingerprint density at radius 3 is 2.53 bits per heavy atom. The van der Waals surface area contributed by atoms with Crippen LogP contribution in [0.25, 0.3) is 0 Å². The van der Waals surface area contributed by atoms with Gasteiger partial charge in [-0.3, -0.25) is 4.90 Å². The van der Waals surface area contributed by atoms with Crippen molar-refractivity contribution in [3.8, 4) is 0 Å². The van der Waals surface area contributed by atoms with Gasteiger partial charge in [0.15, 0.2) is 0 Å². The Balaban J connectivity index is 1.95. The largest absolute Gasteiger partial charge is 0.311 e. The maximum Gasteiger partial charge on any atom is 0.0252 e. The molecule has 1 aliphatic heterocycles. The summed E-state index contributed by atoms with van der Waals surface area (Å²) in [5.74, 6) is 0. The van der Waals surface area contributed by atoms with Crippen molar-refractivity contribution in [1.82, 2.24) is 10.2 Å². The molecule has 0 spiro atoms. The van der Waals surface area contributed by atoms with Crippen LogP contribution in [0.2, 0.25) is 0 Å². The average molecular weight is 210 g/mol. The first kappa shape index (κ1) is 11.4. The summed E-state index contributed by atoms with van der Waals surface area (Å²) in [6.45, 7) is 8.46. The van der Waals surface area contributed by atoms with Gasteiger partial charge in [0.25, 0.3) is 0 Å². The van der Waals surface area contributed by atoms with Crippen LogP contribution in [-0.2, 0) is 0 Å². The zero-order valence-electron chi connectivity index (χ0n) is 10.4. The molecule has 1 heterocycles. The van der Waals surface area contributed by atoms with E-state index in [0.717, 1.165) is 6.04 Å².